The molecule has 0 bridgehead atoms. The lowest BCUT2D eigenvalue weighted by Gasteiger charge is -2.49. The predicted octanol–water partition coefficient (Wildman–Crippen LogP) is 4.14. The van der Waals surface area contributed by atoms with Crippen LogP contribution in [0.25, 0.3) is 0 Å². The Morgan fingerprint density at radius 1 is 0.733 bits per heavy atom. The van der Waals surface area contributed by atoms with E-state index in [1.807, 2.05) is 12.1 Å². The van der Waals surface area contributed by atoms with E-state index in [2.05, 4.69) is 34.1 Å². The highest BCUT2D eigenvalue weighted by molar-refractivity contribution is 5.57. The first-order valence-corrected chi connectivity index (χ1v) is 10.6. The van der Waals surface area contributed by atoms with Crippen molar-refractivity contribution in [3.05, 3.63) is 42.0 Å². The lowest BCUT2D eigenvalue weighted by atomic mass is 9.89. The number of methoxy groups -OCH3 is 4. The Morgan fingerprint density at radius 2 is 1.40 bits per heavy atom. The molecule has 30 heavy (non-hydrogen) atoms. The number of nitrogens with zero attached hydrogens (tertiary/aromatic N) is 2. The SMILES string of the molecule is COc1ccc([C@H]2CCCC3CN(c4ccc(OC)c(OC)c4)CCN32)cc1OC. The molecule has 2 aromatic carbocycles. The van der Waals surface area contributed by atoms with E-state index in [9.17, 15) is 0 Å². The number of ether oxygens (including phenoxy) is 4. The number of anilines is 1. The molecule has 2 fully saturated rings. The average molecular weight is 413 g/mol. The minimum absolute atomic E-state index is 0.427. The van der Waals surface area contributed by atoms with Gasteiger partial charge in [-0.3, -0.25) is 4.90 Å². The number of hydrogen-bond acceptors (Lipinski definition) is 6. The molecule has 2 heterocycles. The lowest BCUT2D eigenvalue weighted by molar-refractivity contribution is 0.0715. The number of fused-ring (bicyclic) bond motifs is 1. The molecule has 0 aliphatic carbocycles. The minimum Gasteiger partial charge on any atom is -0.493 e. The number of piperazine rings is 1. The van der Waals surface area contributed by atoms with Gasteiger partial charge in [-0.05, 0) is 49.1 Å². The van der Waals surface area contributed by atoms with Crippen LogP contribution in [0.15, 0.2) is 36.4 Å². The molecule has 0 N–H and O–H groups in total. The third-order valence-corrected chi connectivity index (χ3v) is 6.47. The Kier molecular flexibility index (Phi) is 6.23. The molecule has 0 saturated carbocycles. The molecule has 2 aliphatic rings. The van der Waals surface area contributed by atoms with Crippen LogP contribution in [-0.4, -0.2) is 59.0 Å². The van der Waals surface area contributed by atoms with Gasteiger partial charge in [-0.1, -0.05) is 6.07 Å². The highest BCUT2D eigenvalue weighted by Gasteiger charge is 2.36. The fraction of sp³-hybridized carbons (Fsp3) is 0.500. The van der Waals surface area contributed by atoms with Crippen molar-refractivity contribution in [1.29, 1.82) is 0 Å². The molecule has 2 aromatic rings. The van der Waals surface area contributed by atoms with E-state index in [1.165, 1.54) is 30.5 Å². The summed E-state index contributed by atoms with van der Waals surface area (Å²) in [6, 6.07) is 13.5. The highest BCUT2D eigenvalue weighted by atomic mass is 16.5. The summed E-state index contributed by atoms with van der Waals surface area (Å²) in [5.74, 6) is 3.14. The quantitative estimate of drug-likeness (QED) is 0.711. The van der Waals surface area contributed by atoms with Gasteiger partial charge in [0.25, 0.3) is 0 Å². The second kappa shape index (κ2) is 9.04. The first-order chi connectivity index (χ1) is 14.7. The van der Waals surface area contributed by atoms with Crippen LogP contribution in [0.1, 0.15) is 30.9 Å². The summed E-state index contributed by atoms with van der Waals surface area (Å²) < 4.78 is 21.9. The summed E-state index contributed by atoms with van der Waals surface area (Å²) in [5, 5.41) is 0. The standard InChI is InChI=1S/C24H32N2O4/c1-27-21-10-8-17(14-23(21)29-3)20-7-5-6-19-16-25(12-13-26(19)20)18-9-11-22(28-2)24(15-18)30-4/h8-11,14-15,19-20H,5-7,12-13,16H2,1-4H3/t19?,20-/m1/s1. The van der Waals surface area contributed by atoms with E-state index < -0.39 is 0 Å². The van der Waals surface area contributed by atoms with E-state index >= 15 is 0 Å². The summed E-state index contributed by atoms with van der Waals surface area (Å²) in [5.41, 5.74) is 2.51. The van der Waals surface area contributed by atoms with Crippen LogP contribution < -0.4 is 23.8 Å². The Morgan fingerprint density at radius 3 is 2.10 bits per heavy atom. The molecule has 1 unspecified atom stereocenters. The van der Waals surface area contributed by atoms with Gasteiger partial charge in [0.2, 0.25) is 0 Å². The lowest BCUT2D eigenvalue weighted by Crippen LogP contribution is -2.55. The zero-order valence-electron chi connectivity index (χ0n) is 18.4. The van der Waals surface area contributed by atoms with E-state index in [4.69, 9.17) is 18.9 Å². The Balaban J connectivity index is 1.52. The molecule has 2 atom stereocenters. The third kappa shape index (κ3) is 3.88. The van der Waals surface area contributed by atoms with Crippen LogP contribution >= 0.6 is 0 Å². The molecule has 6 nitrogen and oxygen atoms in total. The van der Waals surface area contributed by atoms with Crippen molar-refractivity contribution in [1.82, 2.24) is 4.90 Å². The minimum atomic E-state index is 0.427. The van der Waals surface area contributed by atoms with Gasteiger partial charge < -0.3 is 23.8 Å². The molecule has 2 saturated heterocycles. The van der Waals surface area contributed by atoms with Crippen LogP contribution in [-0.2, 0) is 0 Å². The summed E-state index contributed by atoms with van der Waals surface area (Å²) in [7, 11) is 6.75. The smallest absolute Gasteiger partial charge is 0.162 e. The average Bonchev–Trinajstić information content (AvgIpc) is 2.82. The van der Waals surface area contributed by atoms with Crippen molar-refractivity contribution in [2.45, 2.75) is 31.3 Å². The number of benzene rings is 2. The summed E-state index contributed by atoms with van der Waals surface area (Å²) >= 11 is 0. The molecular weight excluding hydrogens is 380 g/mol. The van der Waals surface area contributed by atoms with E-state index in [-0.39, 0.29) is 0 Å². The van der Waals surface area contributed by atoms with Gasteiger partial charge in [-0.25, -0.2) is 0 Å². The molecule has 0 spiro atoms. The molecule has 4 rings (SSSR count). The van der Waals surface area contributed by atoms with Gasteiger partial charge in [0, 0.05) is 43.5 Å². The molecule has 162 valence electrons. The second-order valence-corrected chi connectivity index (χ2v) is 7.94. The molecule has 0 amide bonds. The predicted molar refractivity (Wildman–Crippen MR) is 118 cm³/mol. The zero-order chi connectivity index (χ0) is 21.1. The summed E-state index contributed by atoms with van der Waals surface area (Å²) in [6.45, 7) is 3.06. The molecule has 0 radical (unpaired) electrons. The number of piperidine rings is 1. The molecule has 0 aromatic heterocycles. The van der Waals surface area contributed by atoms with Crippen LogP contribution in [0.5, 0.6) is 23.0 Å². The Hall–Kier alpha value is -2.60. The van der Waals surface area contributed by atoms with Crippen LogP contribution in [0.2, 0.25) is 0 Å². The first kappa shape index (κ1) is 20.7. The van der Waals surface area contributed by atoms with Crippen molar-refractivity contribution < 1.29 is 18.9 Å². The number of rotatable bonds is 6. The maximum Gasteiger partial charge on any atom is 0.162 e. The van der Waals surface area contributed by atoms with Gasteiger partial charge in [0.15, 0.2) is 23.0 Å². The molecular formula is C24H32N2O4. The van der Waals surface area contributed by atoms with Crippen LogP contribution in [0, 0.1) is 0 Å². The van der Waals surface area contributed by atoms with E-state index in [1.54, 1.807) is 28.4 Å². The van der Waals surface area contributed by atoms with Crippen molar-refractivity contribution in [3.8, 4) is 23.0 Å². The Bertz CT molecular complexity index is 872. The fourth-order valence-corrected chi connectivity index (χ4v) is 4.92. The van der Waals surface area contributed by atoms with Crippen LogP contribution in [0.3, 0.4) is 0 Å². The van der Waals surface area contributed by atoms with E-state index in [0.717, 1.165) is 42.6 Å². The monoisotopic (exact) mass is 412 g/mol. The van der Waals surface area contributed by atoms with Crippen LogP contribution in [0.4, 0.5) is 5.69 Å². The van der Waals surface area contributed by atoms with Crippen molar-refractivity contribution in [2.24, 2.45) is 0 Å². The van der Waals surface area contributed by atoms with E-state index in [0.29, 0.717) is 12.1 Å². The zero-order valence-corrected chi connectivity index (χ0v) is 18.4. The topological polar surface area (TPSA) is 43.4 Å². The van der Waals surface area contributed by atoms with Gasteiger partial charge in [0.1, 0.15) is 0 Å². The number of hydrogen-bond donors (Lipinski definition) is 0. The summed E-state index contributed by atoms with van der Waals surface area (Å²) in [4.78, 5) is 5.15. The van der Waals surface area contributed by atoms with Crippen molar-refractivity contribution in [2.75, 3.05) is 53.0 Å². The third-order valence-electron chi connectivity index (χ3n) is 6.47. The van der Waals surface area contributed by atoms with Gasteiger partial charge >= 0.3 is 0 Å². The first-order valence-electron chi connectivity index (χ1n) is 10.6. The largest absolute Gasteiger partial charge is 0.493 e. The molecule has 6 heteroatoms. The maximum atomic E-state index is 5.55. The summed E-state index contributed by atoms with van der Waals surface area (Å²) in [6.07, 6.45) is 3.65. The molecule has 2 aliphatic heterocycles. The van der Waals surface area contributed by atoms with Gasteiger partial charge in [-0.15, -0.1) is 0 Å². The Labute approximate surface area is 179 Å². The fourth-order valence-electron chi connectivity index (χ4n) is 4.92. The highest BCUT2D eigenvalue weighted by Crippen LogP contribution is 2.40. The van der Waals surface area contributed by atoms with Crippen molar-refractivity contribution in [3.63, 3.8) is 0 Å². The normalized spacial score (nSPS) is 21.7. The maximum absolute atomic E-state index is 5.55. The van der Waals surface area contributed by atoms with Gasteiger partial charge in [-0.2, -0.15) is 0 Å². The second-order valence-electron chi connectivity index (χ2n) is 7.94. The van der Waals surface area contributed by atoms with Gasteiger partial charge in [0.05, 0.1) is 28.4 Å². The van der Waals surface area contributed by atoms with Crippen molar-refractivity contribution >= 4 is 5.69 Å².